The van der Waals surface area contributed by atoms with Crippen molar-refractivity contribution < 1.29 is 0 Å². The maximum absolute atomic E-state index is 4.32. The molecule has 1 aromatic rings. The van der Waals surface area contributed by atoms with Crippen LogP contribution in [0.3, 0.4) is 0 Å². The summed E-state index contributed by atoms with van der Waals surface area (Å²) in [7, 11) is 1.96. The summed E-state index contributed by atoms with van der Waals surface area (Å²) in [4.78, 5) is 4.32. The minimum Gasteiger partial charge on any atom is -0.314 e. The van der Waals surface area contributed by atoms with Gasteiger partial charge in [0.1, 0.15) is 12.2 Å². The van der Waals surface area contributed by atoms with Crippen molar-refractivity contribution in [3.63, 3.8) is 0 Å². The third-order valence-electron chi connectivity index (χ3n) is 3.84. The zero-order chi connectivity index (χ0) is 13.8. The van der Waals surface area contributed by atoms with Crippen molar-refractivity contribution in [1.29, 1.82) is 0 Å². The molecule has 0 radical (unpaired) electrons. The Morgan fingerprint density at radius 2 is 2.06 bits per heavy atom. The molecule has 1 N–H and O–H groups in total. The van der Waals surface area contributed by atoms with Gasteiger partial charge in [-0.1, -0.05) is 34.6 Å². The Balaban J connectivity index is 2.63. The second-order valence-corrected chi connectivity index (χ2v) is 6.26. The Hall–Kier alpha value is -0.900. The van der Waals surface area contributed by atoms with Crippen LogP contribution in [0.25, 0.3) is 0 Å². The van der Waals surface area contributed by atoms with E-state index in [1.54, 1.807) is 6.33 Å². The largest absolute Gasteiger partial charge is 0.314 e. The van der Waals surface area contributed by atoms with Gasteiger partial charge in [0.25, 0.3) is 0 Å². The lowest BCUT2D eigenvalue weighted by Crippen LogP contribution is -2.36. The van der Waals surface area contributed by atoms with Gasteiger partial charge in [0.2, 0.25) is 0 Å². The van der Waals surface area contributed by atoms with Gasteiger partial charge in [0, 0.05) is 19.5 Å². The number of likely N-dealkylation sites (N-methyl/N-ethyl adjacent to an activating group) is 1. The van der Waals surface area contributed by atoms with E-state index >= 15 is 0 Å². The molecule has 0 fully saturated rings. The molecular formula is C14H28N4. The highest BCUT2D eigenvalue weighted by molar-refractivity contribution is 4.90. The minimum atomic E-state index is 0.355. The quantitative estimate of drug-likeness (QED) is 0.845. The van der Waals surface area contributed by atoms with E-state index in [2.05, 4.69) is 50.0 Å². The fourth-order valence-electron chi connectivity index (χ4n) is 2.03. The maximum Gasteiger partial charge on any atom is 0.138 e. The summed E-state index contributed by atoms with van der Waals surface area (Å²) in [6, 6.07) is 0.479. The molecule has 0 aromatic carbocycles. The van der Waals surface area contributed by atoms with Crippen LogP contribution in [0.4, 0.5) is 0 Å². The third-order valence-corrected chi connectivity index (χ3v) is 3.84. The van der Waals surface area contributed by atoms with Crippen LogP contribution in [0.15, 0.2) is 6.33 Å². The Labute approximate surface area is 111 Å². The first-order valence-electron chi connectivity index (χ1n) is 6.90. The van der Waals surface area contributed by atoms with Gasteiger partial charge >= 0.3 is 0 Å². The van der Waals surface area contributed by atoms with Crippen molar-refractivity contribution in [1.82, 2.24) is 20.1 Å². The Kier molecular flexibility index (Phi) is 5.32. The van der Waals surface area contributed by atoms with Crippen LogP contribution >= 0.6 is 0 Å². The lowest BCUT2D eigenvalue weighted by molar-refractivity contribution is 0.221. The van der Waals surface area contributed by atoms with Crippen molar-refractivity contribution in [3.05, 3.63) is 12.2 Å². The molecule has 4 heteroatoms. The molecule has 0 spiro atoms. The van der Waals surface area contributed by atoms with Crippen LogP contribution in [-0.2, 0) is 13.5 Å². The standard InChI is InChI=1S/C14H28N4/c1-7-15-12(8-11(2)14(3,4)5)9-13-16-10-17-18(13)6/h10-12,15H,7-9H2,1-6H3. The lowest BCUT2D eigenvalue weighted by atomic mass is 9.78. The molecule has 0 bridgehead atoms. The average Bonchev–Trinajstić information content (AvgIpc) is 2.63. The first-order valence-corrected chi connectivity index (χ1v) is 6.90. The number of aromatic nitrogens is 3. The molecule has 0 aliphatic rings. The van der Waals surface area contributed by atoms with Crippen LogP contribution in [0.5, 0.6) is 0 Å². The van der Waals surface area contributed by atoms with Gasteiger partial charge in [-0.25, -0.2) is 4.98 Å². The predicted octanol–water partition coefficient (Wildman–Crippen LogP) is 2.41. The van der Waals surface area contributed by atoms with Gasteiger partial charge in [-0.3, -0.25) is 4.68 Å². The van der Waals surface area contributed by atoms with E-state index in [4.69, 9.17) is 0 Å². The molecule has 4 nitrogen and oxygen atoms in total. The minimum absolute atomic E-state index is 0.355. The molecule has 2 unspecified atom stereocenters. The second-order valence-electron chi connectivity index (χ2n) is 6.26. The first-order chi connectivity index (χ1) is 8.34. The lowest BCUT2D eigenvalue weighted by Gasteiger charge is -2.31. The van der Waals surface area contributed by atoms with E-state index < -0.39 is 0 Å². The number of hydrogen-bond donors (Lipinski definition) is 1. The van der Waals surface area contributed by atoms with Gasteiger partial charge in [0.15, 0.2) is 0 Å². The topological polar surface area (TPSA) is 42.7 Å². The molecular weight excluding hydrogens is 224 g/mol. The number of nitrogens with one attached hydrogen (secondary N) is 1. The van der Waals surface area contributed by atoms with Crippen molar-refractivity contribution in [3.8, 4) is 0 Å². The van der Waals surface area contributed by atoms with Crippen molar-refractivity contribution in [2.45, 2.75) is 53.5 Å². The summed E-state index contributed by atoms with van der Waals surface area (Å²) in [6.45, 7) is 12.4. The van der Waals surface area contributed by atoms with E-state index in [9.17, 15) is 0 Å². The van der Waals surface area contributed by atoms with Crippen molar-refractivity contribution in [2.75, 3.05) is 6.54 Å². The average molecular weight is 252 g/mol. The smallest absolute Gasteiger partial charge is 0.138 e. The summed E-state index contributed by atoms with van der Waals surface area (Å²) >= 11 is 0. The van der Waals surface area contributed by atoms with E-state index in [-0.39, 0.29) is 0 Å². The van der Waals surface area contributed by atoms with Gasteiger partial charge in [-0.15, -0.1) is 0 Å². The van der Waals surface area contributed by atoms with E-state index in [1.807, 2.05) is 11.7 Å². The molecule has 104 valence electrons. The highest BCUT2D eigenvalue weighted by Crippen LogP contribution is 2.29. The fourth-order valence-corrected chi connectivity index (χ4v) is 2.03. The molecule has 0 saturated carbocycles. The summed E-state index contributed by atoms with van der Waals surface area (Å²) in [5.41, 5.74) is 0.355. The Bertz CT molecular complexity index is 351. The number of nitrogens with zero attached hydrogens (tertiary/aromatic N) is 3. The molecule has 1 rings (SSSR count). The summed E-state index contributed by atoms with van der Waals surface area (Å²) in [6.07, 6.45) is 3.75. The highest BCUT2D eigenvalue weighted by atomic mass is 15.3. The second kappa shape index (κ2) is 6.32. The van der Waals surface area contributed by atoms with Gasteiger partial charge < -0.3 is 5.32 Å². The monoisotopic (exact) mass is 252 g/mol. The summed E-state index contributed by atoms with van der Waals surface area (Å²) in [5, 5.41) is 7.71. The maximum atomic E-state index is 4.32. The molecule has 0 aliphatic heterocycles. The predicted molar refractivity (Wildman–Crippen MR) is 75.4 cm³/mol. The molecule has 0 aliphatic carbocycles. The zero-order valence-electron chi connectivity index (χ0n) is 12.7. The molecule has 2 atom stereocenters. The van der Waals surface area contributed by atoms with Crippen molar-refractivity contribution in [2.24, 2.45) is 18.4 Å². The van der Waals surface area contributed by atoms with Gasteiger partial charge in [0.05, 0.1) is 0 Å². The summed E-state index contributed by atoms with van der Waals surface area (Å²) < 4.78 is 1.87. The molecule has 1 aromatic heterocycles. The summed E-state index contributed by atoms with van der Waals surface area (Å²) in [5.74, 6) is 1.73. The van der Waals surface area contributed by atoms with Gasteiger partial charge in [-0.2, -0.15) is 5.10 Å². The molecule has 0 amide bonds. The Morgan fingerprint density at radius 1 is 1.39 bits per heavy atom. The molecule has 18 heavy (non-hydrogen) atoms. The number of aryl methyl sites for hydroxylation is 1. The fraction of sp³-hybridized carbons (Fsp3) is 0.857. The zero-order valence-corrected chi connectivity index (χ0v) is 12.7. The molecule has 0 saturated heterocycles. The first kappa shape index (κ1) is 15.2. The van der Waals surface area contributed by atoms with Crippen molar-refractivity contribution >= 4 is 0 Å². The van der Waals surface area contributed by atoms with Crippen LogP contribution in [0.1, 0.15) is 46.9 Å². The number of rotatable bonds is 6. The van der Waals surface area contributed by atoms with Crippen LogP contribution in [0, 0.1) is 11.3 Å². The van der Waals surface area contributed by atoms with Gasteiger partial charge in [-0.05, 0) is 24.3 Å². The van der Waals surface area contributed by atoms with E-state index in [0.717, 1.165) is 18.8 Å². The number of hydrogen-bond acceptors (Lipinski definition) is 3. The normalized spacial score (nSPS) is 15.7. The van der Waals surface area contributed by atoms with Crippen LogP contribution in [0.2, 0.25) is 0 Å². The van der Waals surface area contributed by atoms with E-state index in [1.165, 1.54) is 6.42 Å². The highest BCUT2D eigenvalue weighted by Gasteiger charge is 2.24. The molecule has 1 heterocycles. The van der Waals surface area contributed by atoms with Crippen LogP contribution < -0.4 is 5.32 Å². The SMILES string of the molecule is CCNC(Cc1ncnn1C)CC(C)C(C)(C)C. The van der Waals surface area contributed by atoms with Crippen LogP contribution in [-0.4, -0.2) is 27.4 Å². The van der Waals surface area contributed by atoms with E-state index in [0.29, 0.717) is 17.4 Å². The third kappa shape index (κ3) is 4.41. The Morgan fingerprint density at radius 3 is 2.50 bits per heavy atom.